The molecule has 1 heterocycles. The van der Waals surface area contributed by atoms with Crippen LogP contribution in [0, 0.1) is 5.82 Å². The molecule has 9 heteroatoms. The first-order valence-electron chi connectivity index (χ1n) is 9.96. The lowest BCUT2D eigenvalue weighted by atomic mass is 10.0. The van der Waals surface area contributed by atoms with E-state index in [2.05, 4.69) is 16.6 Å². The number of hydrogen-bond acceptors (Lipinski definition) is 6. The molecule has 33 heavy (non-hydrogen) atoms. The molecule has 3 rings (SSSR count). The largest absolute Gasteiger partial charge is 0.493 e. The highest BCUT2D eigenvalue weighted by atomic mass is 19.1. The Hall–Kier alpha value is -4.14. The van der Waals surface area contributed by atoms with Crippen molar-refractivity contribution in [3.05, 3.63) is 77.3 Å². The van der Waals surface area contributed by atoms with Gasteiger partial charge in [0.1, 0.15) is 24.7 Å². The summed E-state index contributed by atoms with van der Waals surface area (Å²) in [7, 11) is 2.65. The van der Waals surface area contributed by atoms with Crippen LogP contribution in [0.3, 0.4) is 0 Å². The molecule has 1 N–H and O–H groups in total. The van der Waals surface area contributed by atoms with E-state index in [1.54, 1.807) is 30.3 Å². The second-order valence-electron chi connectivity index (χ2n) is 7.07. The first-order valence-corrected chi connectivity index (χ1v) is 9.96. The molecule has 3 amide bonds. The molecule has 8 nitrogen and oxygen atoms in total. The van der Waals surface area contributed by atoms with Crippen LogP contribution < -0.4 is 14.8 Å². The van der Waals surface area contributed by atoms with Crippen LogP contribution in [0.25, 0.3) is 6.08 Å². The topological polar surface area (TPSA) is 94.2 Å². The van der Waals surface area contributed by atoms with Crippen LogP contribution in [0.4, 0.5) is 9.18 Å². The van der Waals surface area contributed by atoms with Gasteiger partial charge in [0, 0.05) is 5.56 Å². The summed E-state index contributed by atoms with van der Waals surface area (Å²) in [4.78, 5) is 36.9. The second-order valence-corrected chi connectivity index (χ2v) is 7.07. The van der Waals surface area contributed by atoms with Gasteiger partial charge in [-0.25, -0.2) is 14.1 Å². The minimum Gasteiger partial charge on any atom is -0.493 e. The number of hydrogen-bond donors (Lipinski definition) is 1. The van der Waals surface area contributed by atoms with Gasteiger partial charge in [-0.2, -0.15) is 0 Å². The summed E-state index contributed by atoms with van der Waals surface area (Å²) in [6.07, 6.45) is 3.62. The molecule has 0 saturated carbocycles. The number of allylic oxidation sites excluding steroid dienone is 1. The number of nitrogens with zero attached hydrogens (tertiary/aromatic N) is 1. The van der Waals surface area contributed by atoms with Gasteiger partial charge in [0.05, 0.1) is 14.2 Å². The zero-order chi connectivity index (χ0) is 24.0. The number of carbonyl (C=O) groups excluding carboxylic acids is 3. The quantitative estimate of drug-likeness (QED) is 0.271. The molecule has 0 spiro atoms. The number of esters is 1. The lowest BCUT2D eigenvalue weighted by Crippen LogP contribution is -2.36. The summed E-state index contributed by atoms with van der Waals surface area (Å²) in [6.45, 7) is 3.47. The number of rotatable bonds is 9. The van der Waals surface area contributed by atoms with E-state index in [1.807, 2.05) is 0 Å². The molecule has 1 aliphatic rings. The predicted molar refractivity (Wildman–Crippen MR) is 118 cm³/mol. The Bertz CT molecular complexity index is 1110. The molecule has 0 unspecified atom stereocenters. The predicted octanol–water partition coefficient (Wildman–Crippen LogP) is 3.21. The second kappa shape index (κ2) is 10.4. The fourth-order valence-electron chi connectivity index (χ4n) is 3.20. The van der Waals surface area contributed by atoms with Gasteiger partial charge in [-0.15, -0.1) is 6.58 Å². The van der Waals surface area contributed by atoms with Gasteiger partial charge < -0.3 is 19.5 Å². The highest BCUT2D eigenvalue weighted by Gasteiger charge is 2.35. The van der Waals surface area contributed by atoms with Crippen LogP contribution >= 0.6 is 0 Å². The molecule has 0 atom stereocenters. The maximum absolute atomic E-state index is 13.1. The van der Waals surface area contributed by atoms with Crippen LogP contribution in [0.1, 0.15) is 16.7 Å². The Morgan fingerprint density at radius 2 is 1.91 bits per heavy atom. The standard InChI is InChI=1S/C24H23FN2O6/c1-4-5-17-10-16(11-19-23(29)27(24(30)26-19)13-21(28)32-3)12-20(31-2)22(17)33-14-15-6-8-18(25)9-7-15/h4,6-12H,1,5,13-14H2,2-3H3,(H,26,30)/b19-11+. The number of urea groups is 1. The molecule has 0 aliphatic carbocycles. The Morgan fingerprint density at radius 3 is 2.55 bits per heavy atom. The van der Waals surface area contributed by atoms with Crippen molar-refractivity contribution in [3.8, 4) is 11.5 Å². The number of amides is 3. The van der Waals surface area contributed by atoms with Crippen molar-refractivity contribution in [2.24, 2.45) is 0 Å². The summed E-state index contributed by atoms with van der Waals surface area (Å²) >= 11 is 0. The monoisotopic (exact) mass is 454 g/mol. The molecular weight excluding hydrogens is 431 g/mol. The van der Waals surface area contributed by atoms with Gasteiger partial charge in [0.2, 0.25) is 0 Å². The SMILES string of the molecule is C=CCc1cc(/C=C2/NC(=O)N(CC(=O)OC)C2=O)cc(OC)c1OCc1ccc(F)cc1. The fourth-order valence-corrected chi connectivity index (χ4v) is 3.20. The van der Waals surface area contributed by atoms with E-state index >= 15 is 0 Å². The van der Waals surface area contributed by atoms with Crippen LogP contribution in [-0.2, 0) is 27.4 Å². The lowest BCUT2D eigenvalue weighted by molar-refractivity contribution is -0.143. The maximum Gasteiger partial charge on any atom is 0.329 e. The average Bonchev–Trinajstić information content (AvgIpc) is 3.06. The van der Waals surface area contributed by atoms with E-state index in [0.717, 1.165) is 16.0 Å². The third-order valence-electron chi connectivity index (χ3n) is 4.82. The van der Waals surface area contributed by atoms with Crippen LogP contribution in [-0.4, -0.2) is 43.6 Å². The van der Waals surface area contributed by atoms with Crippen molar-refractivity contribution in [2.75, 3.05) is 20.8 Å². The summed E-state index contributed by atoms with van der Waals surface area (Å²) in [5, 5.41) is 2.45. The van der Waals surface area contributed by atoms with Gasteiger partial charge in [-0.05, 0) is 47.9 Å². The van der Waals surface area contributed by atoms with Crippen molar-refractivity contribution >= 4 is 24.0 Å². The molecule has 1 aliphatic heterocycles. The van der Waals surface area contributed by atoms with Gasteiger partial charge in [0.15, 0.2) is 11.5 Å². The zero-order valence-corrected chi connectivity index (χ0v) is 18.2. The van der Waals surface area contributed by atoms with Crippen molar-refractivity contribution in [3.63, 3.8) is 0 Å². The van der Waals surface area contributed by atoms with Crippen LogP contribution in [0.15, 0.2) is 54.8 Å². The van der Waals surface area contributed by atoms with Gasteiger partial charge in [-0.1, -0.05) is 18.2 Å². The Morgan fingerprint density at radius 1 is 1.18 bits per heavy atom. The minimum absolute atomic E-state index is 0.00971. The lowest BCUT2D eigenvalue weighted by Gasteiger charge is -2.16. The smallest absolute Gasteiger partial charge is 0.329 e. The van der Waals surface area contributed by atoms with Crippen molar-refractivity contribution in [1.29, 1.82) is 0 Å². The molecule has 1 saturated heterocycles. The van der Waals surface area contributed by atoms with E-state index in [0.29, 0.717) is 23.5 Å². The molecular formula is C24H23FN2O6. The van der Waals surface area contributed by atoms with Gasteiger partial charge in [0.25, 0.3) is 5.91 Å². The number of imide groups is 1. The Kier molecular flexibility index (Phi) is 7.45. The number of nitrogens with one attached hydrogen (secondary N) is 1. The summed E-state index contributed by atoms with van der Waals surface area (Å²) < 4.78 is 29.1. The van der Waals surface area contributed by atoms with Gasteiger partial charge in [-0.3, -0.25) is 9.59 Å². The highest BCUT2D eigenvalue weighted by Crippen LogP contribution is 2.35. The molecule has 0 aromatic heterocycles. The number of carbonyl (C=O) groups is 3. The Labute approximate surface area is 190 Å². The molecule has 172 valence electrons. The molecule has 2 aromatic rings. The van der Waals surface area contributed by atoms with Gasteiger partial charge >= 0.3 is 12.0 Å². The Balaban J connectivity index is 1.89. The van der Waals surface area contributed by atoms with Crippen molar-refractivity contribution < 1.29 is 33.0 Å². The maximum atomic E-state index is 13.1. The van der Waals surface area contributed by atoms with Crippen molar-refractivity contribution in [1.82, 2.24) is 10.2 Å². The normalized spacial score (nSPS) is 14.3. The molecule has 1 fully saturated rings. The summed E-state index contributed by atoms with van der Waals surface area (Å²) in [5.74, 6) is -0.798. The highest BCUT2D eigenvalue weighted by molar-refractivity contribution is 6.15. The van der Waals surface area contributed by atoms with Crippen LogP contribution in [0.2, 0.25) is 0 Å². The summed E-state index contributed by atoms with van der Waals surface area (Å²) in [6, 6.07) is 8.68. The van der Waals surface area contributed by atoms with E-state index in [9.17, 15) is 18.8 Å². The van der Waals surface area contributed by atoms with E-state index < -0.39 is 24.5 Å². The van der Waals surface area contributed by atoms with Crippen LogP contribution in [0.5, 0.6) is 11.5 Å². The number of halogens is 1. The first-order chi connectivity index (χ1) is 15.9. The number of benzene rings is 2. The minimum atomic E-state index is -0.714. The molecule has 0 radical (unpaired) electrons. The number of methoxy groups -OCH3 is 2. The van der Waals surface area contributed by atoms with E-state index in [-0.39, 0.29) is 18.1 Å². The number of ether oxygens (including phenoxy) is 3. The average molecular weight is 454 g/mol. The van der Waals surface area contributed by atoms with Crippen molar-refractivity contribution in [2.45, 2.75) is 13.0 Å². The van der Waals surface area contributed by atoms with E-state index in [4.69, 9.17) is 9.47 Å². The molecule has 2 aromatic carbocycles. The fraction of sp³-hybridized carbons (Fsp3) is 0.208. The summed E-state index contributed by atoms with van der Waals surface area (Å²) in [5.41, 5.74) is 2.09. The third-order valence-corrected chi connectivity index (χ3v) is 4.82. The first kappa shape index (κ1) is 23.5. The van der Waals surface area contributed by atoms with E-state index in [1.165, 1.54) is 32.4 Å². The third kappa shape index (κ3) is 5.57. The zero-order valence-electron chi connectivity index (χ0n) is 18.2. The molecule has 0 bridgehead atoms.